The van der Waals surface area contributed by atoms with Gasteiger partial charge in [0.05, 0.1) is 34.7 Å². The van der Waals surface area contributed by atoms with E-state index >= 15 is 0 Å². The van der Waals surface area contributed by atoms with Gasteiger partial charge in [-0.25, -0.2) is 0 Å². The minimum atomic E-state index is -2.75. The summed E-state index contributed by atoms with van der Waals surface area (Å²) in [7, 11) is 5.00. The molecule has 59 heavy (non-hydrogen) atoms. The number of Topliss-reactive ketones (excluding diaryl/α,β-unsaturated/α-hetero) is 2. The monoisotopic (exact) mass is 868 g/mol. The predicted octanol–water partition coefficient (Wildman–Crippen LogP) is 0.175. The molecule has 1 aromatic carbocycles. The fraction of sp³-hybridized carbons (Fsp3) is 0.650. The lowest BCUT2D eigenvalue weighted by atomic mass is 9.55. The number of carbonyl (C=O) groups is 4. The van der Waals surface area contributed by atoms with Crippen LogP contribution in [-0.4, -0.2) is 167 Å². The second-order valence-corrected chi connectivity index (χ2v) is 18.3. The number of carbonyl (C=O) groups excluding carboxylic acids is 4. The zero-order valence-corrected chi connectivity index (χ0v) is 35.6. The van der Waals surface area contributed by atoms with Crippen LogP contribution in [0, 0.1) is 17.8 Å². The molecule has 19 heteroatoms. The number of likely N-dealkylation sites (N-methyl/N-ethyl adjacent to an activating group) is 2. The molecule has 0 spiro atoms. The molecular weight excluding hydrogens is 812 g/mol. The van der Waals surface area contributed by atoms with Crippen molar-refractivity contribution in [3.63, 3.8) is 0 Å². The fourth-order valence-corrected chi connectivity index (χ4v) is 10.5. The standard InChI is InChI=1S/C22H24N2O8.C18H33ClN2O5S/c1-21(31)8-5-4-6-11(25)12(8)16(26)13-9(21)7-10-15(24(2)3)17(27)14(20(23)30)19(29)22(10,32)18(13)28;1-5-6-10-7-11(21(3)8-10)17(25)20-12(9(2)19)16-14(23)13(22)15(24)18(26-16)27-4/h4-6,9-10,15,25,27-28,31-32H,7H2,1-3H3,(H2,23,30);9-16,18,22-24H,5-8H2,1-4H3,(H,20,25)/t9-,10-,15-,21+,22-;9-,10+,11-,12+,13-,14+,15+,16+,18+/m00/s1. The van der Waals surface area contributed by atoms with Gasteiger partial charge in [0.15, 0.2) is 11.4 Å². The minimum Gasteiger partial charge on any atom is -0.510 e. The highest BCUT2D eigenvalue weighted by Crippen LogP contribution is 2.56. The summed E-state index contributed by atoms with van der Waals surface area (Å²) >= 11 is 7.55. The number of primary amides is 1. The van der Waals surface area contributed by atoms with Gasteiger partial charge in [0.1, 0.15) is 52.7 Å². The summed E-state index contributed by atoms with van der Waals surface area (Å²) in [5, 5.41) is 88.1. The van der Waals surface area contributed by atoms with E-state index in [2.05, 4.69) is 12.2 Å². The number of aliphatic hydroxyl groups excluding tert-OH is 5. The number of fused-ring (bicyclic) bond motifs is 3. The normalized spacial score (nSPS) is 36.9. The smallest absolute Gasteiger partial charge is 0.255 e. The molecule has 17 nitrogen and oxygen atoms in total. The summed E-state index contributed by atoms with van der Waals surface area (Å²) in [4.78, 5) is 54.8. The molecule has 14 atom stereocenters. The van der Waals surface area contributed by atoms with Crippen molar-refractivity contribution in [2.24, 2.45) is 23.5 Å². The lowest BCUT2D eigenvalue weighted by Gasteiger charge is -2.52. The van der Waals surface area contributed by atoms with Crippen LogP contribution in [0.25, 0.3) is 0 Å². The number of amides is 2. The van der Waals surface area contributed by atoms with E-state index in [0.717, 1.165) is 25.8 Å². The number of aromatic hydroxyl groups is 1. The Hall–Kier alpha value is -3.30. The van der Waals surface area contributed by atoms with Crippen molar-refractivity contribution < 1.29 is 64.8 Å². The van der Waals surface area contributed by atoms with Crippen LogP contribution in [0.15, 0.2) is 40.9 Å². The van der Waals surface area contributed by atoms with E-state index in [4.69, 9.17) is 22.1 Å². The van der Waals surface area contributed by atoms with Crippen LogP contribution in [0.4, 0.5) is 0 Å². The zero-order valence-electron chi connectivity index (χ0n) is 34.1. The average molecular weight is 869 g/mol. The van der Waals surface area contributed by atoms with E-state index in [1.807, 2.05) is 11.9 Å². The number of hydrogen-bond donors (Lipinski definition) is 10. The number of nitrogens with zero attached hydrogens (tertiary/aromatic N) is 2. The lowest BCUT2D eigenvalue weighted by molar-refractivity contribution is -0.205. The summed E-state index contributed by atoms with van der Waals surface area (Å²) in [5.74, 6) is -7.54. The molecule has 11 N–H and O–H groups in total. The molecule has 2 aliphatic heterocycles. The Balaban J connectivity index is 0.000000228. The van der Waals surface area contributed by atoms with Crippen molar-refractivity contribution in [2.45, 2.75) is 111 Å². The number of benzene rings is 1. The molecular formula is C40H57ClN4O13S. The van der Waals surface area contributed by atoms with Crippen LogP contribution >= 0.6 is 23.4 Å². The molecule has 2 saturated heterocycles. The van der Waals surface area contributed by atoms with Gasteiger partial charge >= 0.3 is 0 Å². The first kappa shape index (κ1) is 46.8. The van der Waals surface area contributed by atoms with Gasteiger partial charge in [-0.2, -0.15) is 0 Å². The molecule has 0 bridgehead atoms. The number of halogens is 1. The molecule has 2 fully saturated rings. The number of rotatable bonds is 9. The molecule has 2 amide bonds. The summed E-state index contributed by atoms with van der Waals surface area (Å²) in [6.07, 6.45) is -0.298. The maximum atomic E-state index is 13.3. The number of aliphatic hydroxyl groups is 7. The second-order valence-electron chi connectivity index (χ2n) is 16.7. The largest absolute Gasteiger partial charge is 0.510 e. The van der Waals surface area contributed by atoms with E-state index in [-0.39, 0.29) is 29.5 Å². The van der Waals surface area contributed by atoms with Crippen LogP contribution in [0.2, 0.25) is 0 Å². The average Bonchev–Trinajstić information content (AvgIpc) is 3.53. The lowest BCUT2D eigenvalue weighted by Crippen LogP contribution is -2.65. The number of ether oxygens (including phenoxy) is 1. The van der Waals surface area contributed by atoms with Crippen molar-refractivity contribution >= 4 is 46.7 Å². The third-order valence-corrected chi connectivity index (χ3v) is 13.8. The first-order valence-electron chi connectivity index (χ1n) is 19.5. The van der Waals surface area contributed by atoms with E-state index in [1.165, 1.54) is 55.9 Å². The highest BCUT2D eigenvalue weighted by molar-refractivity contribution is 7.99. The molecule has 0 aromatic heterocycles. The third-order valence-electron chi connectivity index (χ3n) is 12.7. The molecule has 0 radical (unpaired) electrons. The Bertz CT molecular complexity index is 1890. The maximum Gasteiger partial charge on any atom is 0.255 e. The van der Waals surface area contributed by atoms with Crippen LogP contribution in [0.3, 0.4) is 0 Å². The van der Waals surface area contributed by atoms with Crippen molar-refractivity contribution in [2.75, 3.05) is 33.9 Å². The first-order chi connectivity index (χ1) is 27.5. The molecule has 1 aromatic rings. The summed E-state index contributed by atoms with van der Waals surface area (Å²) in [5.41, 5.74) is -1.36. The Morgan fingerprint density at radius 2 is 1.75 bits per heavy atom. The van der Waals surface area contributed by atoms with Crippen molar-refractivity contribution in [3.05, 3.63) is 52.0 Å². The molecule has 328 valence electrons. The van der Waals surface area contributed by atoms with Gasteiger partial charge in [0.2, 0.25) is 11.7 Å². The zero-order chi connectivity index (χ0) is 44.2. The molecule has 2 heterocycles. The minimum absolute atomic E-state index is 0.135. The van der Waals surface area contributed by atoms with E-state index in [9.17, 15) is 60.0 Å². The number of ketones is 2. The van der Waals surface area contributed by atoms with Crippen LogP contribution < -0.4 is 11.1 Å². The first-order valence-corrected chi connectivity index (χ1v) is 21.3. The number of phenolic OH excluding ortho intramolecular Hbond substituents is 1. The number of thioether (sulfide) groups is 1. The van der Waals surface area contributed by atoms with E-state index < -0.39 is 116 Å². The van der Waals surface area contributed by atoms with Gasteiger partial charge in [-0.15, -0.1) is 23.4 Å². The van der Waals surface area contributed by atoms with Gasteiger partial charge in [0, 0.05) is 24.0 Å². The highest BCUT2D eigenvalue weighted by Gasteiger charge is 2.65. The highest BCUT2D eigenvalue weighted by atomic mass is 35.5. The number of nitrogens with one attached hydrogen (secondary N) is 1. The SMILES string of the molecule is CCC[C@@H]1C[C@@H](C(=O)N[C@@H]([C@H]2O[C@H](SC)[C@H](O)[C@@H](O)[C@H]2O)[C@H](C)Cl)N(C)C1.CN(C)[C@@H]1C(O)=C(C(N)=O)C(=O)[C@@]2(O)C(O)=C3C(=O)c4c(O)cccc4[C@@](C)(O)[C@H]3C[C@@H]12. The van der Waals surface area contributed by atoms with Crippen LogP contribution in [-0.2, 0) is 24.7 Å². The van der Waals surface area contributed by atoms with E-state index in [0.29, 0.717) is 5.92 Å². The van der Waals surface area contributed by atoms with Gasteiger partial charge in [0.25, 0.3) is 5.91 Å². The maximum absolute atomic E-state index is 13.3. The van der Waals surface area contributed by atoms with Gasteiger partial charge in [-0.05, 0) is 78.1 Å². The van der Waals surface area contributed by atoms with Crippen LogP contribution in [0.5, 0.6) is 5.75 Å². The quantitative estimate of drug-likeness (QED) is 0.117. The van der Waals surface area contributed by atoms with Gasteiger partial charge < -0.3 is 56.6 Å². The van der Waals surface area contributed by atoms with Crippen molar-refractivity contribution in [1.29, 1.82) is 0 Å². The van der Waals surface area contributed by atoms with E-state index in [1.54, 1.807) is 13.2 Å². The third kappa shape index (κ3) is 8.01. The second kappa shape index (κ2) is 17.6. The van der Waals surface area contributed by atoms with Crippen molar-refractivity contribution in [3.8, 4) is 5.75 Å². The molecule has 3 aliphatic carbocycles. The summed E-state index contributed by atoms with van der Waals surface area (Å²) in [6, 6.07) is 2.12. The Morgan fingerprint density at radius 1 is 1.10 bits per heavy atom. The molecule has 5 aliphatic rings. The number of nitrogens with two attached hydrogens (primary N) is 1. The number of likely N-dealkylation sites (tertiary alicyclic amines) is 1. The summed E-state index contributed by atoms with van der Waals surface area (Å²) < 4.78 is 5.79. The van der Waals surface area contributed by atoms with Crippen molar-refractivity contribution in [1.82, 2.24) is 15.1 Å². The van der Waals surface area contributed by atoms with Crippen LogP contribution in [0.1, 0.15) is 62.4 Å². The molecule has 0 saturated carbocycles. The molecule has 6 rings (SSSR count). The topological polar surface area (TPSA) is 284 Å². The number of alkyl halides is 1. The Labute approximate surface area is 351 Å². The van der Waals surface area contributed by atoms with Gasteiger partial charge in [-0.1, -0.05) is 25.5 Å². The fourth-order valence-electron chi connectivity index (χ4n) is 9.62. The van der Waals surface area contributed by atoms with Gasteiger partial charge in [-0.3, -0.25) is 29.0 Å². The Kier molecular flexibility index (Phi) is 13.9. The number of phenols is 1. The Morgan fingerprint density at radius 3 is 2.31 bits per heavy atom. The molecule has 0 unspecified atom stereocenters. The predicted molar refractivity (Wildman–Crippen MR) is 216 cm³/mol. The number of hydrogen-bond acceptors (Lipinski definition) is 16. The summed E-state index contributed by atoms with van der Waals surface area (Å²) in [6.45, 7) is 6.14.